The van der Waals surface area contributed by atoms with Crippen molar-refractivity contribution >= 4 is 38.4 Å². The zero-order valence-electron chi connectivity index (χ0n) is 18.2. The van der Waals surface area contributed by atoms with E-state index in [-0.39, 0.29) is 16.7 Å². The third kappa shape index (κ3) is 4.66. The summed E-state index contributed by atoms with van der Waals surface area (Å²) < 4.78 is 25.7. The van der Waals surface area contributed by atoms with E-state index >= 15 is 0 Å². The molecule has 170 valence electrons. The lowest BCUT2D eigenvalue weighted by molar-refractivity contribution is 0.0952. The Bertz CT molecular complexity index is 1400. The third-order valence-electron chi connectivity index (χ3n) is 5.64. The maximum absolute atomic E-state index is 12.9. The van der Waals surface area contributed by atoms with Crippen molar-refractivity contribution in [3.8, 4) is 0 Å². The van der Waals surface area contributed by atoms with Gasteiger partial charge in [0.1, 0.15) is 0 Å². The van der Waals surface area contributed by atoms with Crippen LogP contribution in [-0.2, 0) is 10.0 Å². The number of hydrogen-bond acceptors (Lipinski definition) is 3. The SMILES string of the molecule is CN(C)S(=O)(=O)c1ccc(C(=O)NC[C@H](c2ccccc2Cl)c2c[nH]c3ccccc23)cc1. The minimum absolute atomic E-state index is 0.136. The van der Waals surface area contributed by atoms with Gasteiger partial charge in [-0.05, 0) is 47.5 Å². The Hall–Kier alpha value is -3.13. The highest BCUT2D eigenvalue weighted by Gasteiger charge is 2.22. The summed E-state index contributed by atoms with van der Waals surface area (Å²) in [6.45, 7) is 0.322. The van der Waals surface area contributed by atoms with Crippen molar-refractivity contribution in [3.05, 3.63) is 101 Å². The molecule has 1 aromatic heterocycles. The number of aromatic nitrogens is 1. The number of hydrogen-bond donors (Lipinski definition) is 2. The molecule has 0 aliphatic carbocycles. The van der Waals surface area contributed by atoms with Crippen LogP contribution in [0.3, 0.4) is 0 Å². The van der Waals surface area contributed by atoms with Crippen molar-refractivity contribution in [1.82, 2.24) is 14.6 Å². The first-order valence-electron chi connectivity index (χ1n) is 10.4. The molecule has 0 fully saturated rings. The average molecular weight is 482 g/mol. The van der Waals surface area contributed by atoms with Gasteiger partial charge in [-0.3, -0.25) is 4.79 Å². The molecule has 1 heterocycles. The van der Waals surface area contributed by atoms with Gasteiger partial charge in [-0.25, -0.2) is 12.7 Å². The van der Waals surface area contributed by atoms with E-state index in [2.05, 4.69) is 10.3 Å². The van der Waals surface area contributed by atoms with Gasteiger partial charge in [-0.1, -0.05) is 48.0 Å². The molecule has 4 aromatic rings. The molecule has 3 aromatic carbocycles. The Morgan fingerprint density at radius 1 is 0.970 bits per heavy atom. The first kappa shape index (κ1) is 23.0. The minimum Gasteiger partial charge on any atom is -0.361 e. The van der Waals surface area contributed by atoms with Crippen molar-refractivity contribution in [1.29, 1.82) is 0 Å². The van der Waals surface area contributed by atoms with Crippen LogP contribution in [0.1, 0.15) is 27.4 Å². The van der Waals surface area contributed by atoms with E-state index in [1.165, 1.54) is 38.4 Å². The second kappa shape index (κ2) is 9.39. The molecule has 4 rings (SSSR count). The van der Waals surface area contributed by atoms with Gasteiger partial charge in [0.25, 0.3) is 5.91 Å². The number of para-hydroxylation sites is 1. The van der Waals surface area contributed by atoms with E-state index in [1.807, 2.05) is 54.7 Å². The molecule has 2 N–H and O–H groups in total. The van der Waals surface area contributed by atoms with Gasteiger partial charge in [0, 0.05) is 54.2 Å². The number of rotatable bonds is 7. The molecule has 0 radical (unpaired) electrons. The van der Waals surface area contributed by atoms with Crippen LogP contribution in [0, 0.1) is 0 Å². The van der Waals surface area contributed by atoms with E-state index in [0.717, 1.165) is 26.3 Å². The number of halogens is 1. The molecule has 0 aliphatic rings. The smallest absolute Gasteiger partial charge is 0.251 e. The van der Waals surface area contributed by atoms with Crippen LogP contribution in [0.4, 0.5) is 0 Å². The molecule has 0 bridgehead atoms. The van der Waals surface area contributed by atoms with Crippen LogP contribution < -0.4 is 5.32 Å². The lowest BCUT2D eigenvalue weighted by Gasteiger charge is -2.19. The maximum atomic E-state index is 12.9. The van der Waals surface area contributed by atoms with Gasteiger partial charge in [-0.2, -0.15) is 0 Å². The number of H-pyrrole nitrogens is 1. The fourth-order valence-corrected chi connectivity index (χ4v) is 4.98. The molecule has 0 saturated carbocycles. The Morgan fingerprint density at radius 2 is 1.64 bits per heavy atom. The first-order chi connectivity index (χ1) is 15.8. The largest absolute Gasteiger partial charge is 0.361 e. The molecule has 1 atom stereocenters. The van der Waals surface area contributed by atoms with Crippen LogP contribution in [0.15, 0.2) is 83.9 Å². The van der Waals surface area contributed by atoms with Crippen molar-refractivity contribution in [2.45, 2.75) is 10.8 Å². The fraction of sp³-hybridized carbons (Fsp3) is 0.160. The molecule has 6 nitrogen and oxygen atoms in total. The lowest BCUT2D eigenvalue weighted by atomic mass is 9.90. The Kier molecular flexibility index (Phi) is 6.56. The molecule has 33 heavy (non-hydrogen) atoms. The molecule has 0 spiro atoms. The Labute approximate surface area is 198 Å². The quantitative estimate of drug-likeness (QED) is 0.403. The Morgan fingerprint density at radius 3 is 2.33 bits per heavy atom. The number of carbonyl (C=O) groups excluding carboxylic acids is 1. The number of benzene rings is 3. The number of sulfonamides is 1. The van der Waals surface area contributed by atoms with Crippen molar-refractivity contribution in [2.24, 2.45) is 0 Å². The highest BCUT2D eigenvalue weighted by Crippen LogP contribution is 2.34. The first-order valence-corrected chi connectivity index (χ1v) is 12.2. The summed E-state index contributed by atoms with van der Waals surface area (Å²) in [6.07, 6.45) is 1.95. The summed E-state index contributed by atoms with van der Waals surface area (Å²) in [5.74, 6) is -0.465. The summed E-state index contributed by atoms with van der Waals surface area (Å²) in [4.78, 5) is 16.3. The van der Waals surface area contributed by atoms with Crippen LogP contribution in [0.2, 0.25) is 5.02 Å². The molecule has 8 heteroatoms. The predicted octanol–water partition coefficient (Wildman–Crippen LogP) is 4.63. The lowest BCUT2D eigenvalue weighted by Crippen LogP contribution is -2.29. The van der Waals surface area contributed by atoms with E-state index < -0.39 is 10.0 Å². The second-order valence-corrected chi connectivity index (χ2v) is 10.4. The van der Waals surface area contributed by atoms with Crippen molar-refractivity contribution < 1.29 is 13.2 Å². The summed E-state index contributed by atoms with van der Waals surface area (Å²) in [5.41, 5.74) is 3.33. The molecular weight excluding hydrogens is 458 g/mol. The van der Waals surface area contributed by atoms with Gasteiger partial charge in [0.2, 0.25) is 10.0 Å². The van der Waals surface area contributed by atoms with Crippen LogP contribution in [-0.4, -0.2) is 44.3 Å². The fourth-order valence-electron chi connectivity index (χ4n) is 3.81. The zero-order valence-corrected chi connectivity index (χ0v) is 19.8. The summed E-state index contributed by atoms with van der Waals surface area (Å²) in [5, 5.41) is 4.68. The summed E-state index contributed by atoms with van der Waals surface area (Å²) in [6, 6.07) is 21.5. The van der Waals surface area contributed by atoms with E-state index in [0.29, 0.717) is 17.1 Å². The highest BCUT2D eigenvalue weighted by molar-refractivity contribution is 7.89. The molecule has 0 unspecified atom stereocenters. The monoisotopic (exact) mass is 481 g/mol. The maximum Gasteiger partial charge on any atom is 0.251 e. The molecular formula is C25H24ClN3O3S. The minimum atomic E-state index is -3.55. The number of carbonyl (C=O) groups is 1. The van der Waals surface area contributed by atoms with Crippen molar-refractivity contribution in [2.75, 3.05) is 20.6 Å². The number of nitrogens with zero attached hydrogens (tertiary/aromatic N) is 1. The summed E-state index contributed by atoms with van der Waals surface area (Å²) >= 11 is 6.52. The second-order valence-electron chi connectivity index (χ2n) is 7.89. The Balaban J connectivity index is 1.60. The third-order valence-corrected chi connectivity index (χ3v) is 7.81. The standard InChI is InChI=1S/C25H24ClN3O3S/c1-29(2)33(31,32)18-13-11-17(12-14-18)25(30)28-16-21(19-7-3-5-9-23(19)26)22-15-27-24-10-6-4-8-20(22)24/h3-15,21,27H,16H2,1-2H3,(H,28,30)/t21-/m1/s1. The summed E-state index contributed by atoms with van der Waals surface area (Å²) in [7, 11) is -0.617. The topological polar surface area (TPSA) is 82.3 Å². The number of nitrogens with one attached hydrogen (secondary N) is 2. The van der Waals surface area contributed by atoms with E-state index in [1.54, 1.807) is 0 Å². The van der Waals surface area contributed by atoms with Gasteiger partial charge in [0.15, 0.2) is 0 Å². The van der Waals surface area contributed by atoms with Gasteiger partial charge >= 0.3 is 0 Å². The van der Waals surface area contributed by atoms with E-state index in [9.17, 15) is 13.2 Å². The van der Waals surface area contributed by atoms with Crippen molar-refractivity contribution in [3.63, 3.8) is 0 Å². The number of aromatic amines is 1. The van der Waals surface area contributed by atoms with E-state index in [4.69, 9.17) is 11.6 Å². The van der Waals surface area contributed by atoms with Gasteiger partial charge in [-0.15, -0.1) is 0 Å². The molecule has 1 amide bonds. The molecule has 0 saturated heterocycles. The average Bonchev–Trinajstić information content (AvgIpc) is 3.24. The zero-order chi connectivity index (χ0) is 23.6. The highest BCUT2D eigenvalue weighted by atomic mass is 35.5. The van der Waals surface area contributed by atoms with Crippen LogP contribution >= 0.6 is 11.6 Å². The normalized spacial score (nSPS) is 12.7. The van der Waals surface area contributed by atoms with Crippen LogP contribution in [0.25, 0.3) is 10.9 Å². The number of amides is 1. The van der Waals surface area contributed by atoms with Gasteiger partial charge in [0.05, 0.1) is 4.90 Å². The van der Waals surface area contributed by atoms with Crippen LogP contribution in [0.5, 0.6) is 0 Å². The molecule has 0 aliphatic heterocycles. The predicted molar refractivity (Wildman–Crippen MR) is 131 cm³/mol. The number of fused-ring (bicyclic) bond motifs is 1. The van der Waals surface area contributed by atoms with Gasteiger partial charge < -0.3 is 10.3 Å².